The molecule has 0 aliphatic carbocycles. The van der Waals surface area contributed by atoms with E-state index in [9.17, 15) is 4.79 Å². The lowest BCUT2D eigenvalue weighted by atomic mass is 10.2. The number of aromatic nitrogens is 3. The maximum atomic E-state index is 11.7. The lowest BCUT2D eigenvalue weighted by Crippen LogP contribution is -2.00. The van der Waals surface area contributed by atoms with Gasteiger partial charge in [-0.15, -0.1) is 0 Å². The van der Waals surface area contributed by atoms with Crippen LogP contribution in [0.4, 0.5) is 0 Å². The molecule has 3 rings (SSSR count). The Labute approximate surface area is 117 Å². The van der Waals surface area contributed by atoms with Gasteiger partial charge < -0.3 is 4.57 Å². The Bertz CT molecular complexity index is 767. The molecule has 0 aliphatic rings. The van der Waals surface area contributed by atoms with Crippen molar-refractivity contribution in [3.63, 3.8) is 0 Å². The summed E-state index contributed by atoms with van der Waals surface area (Å²) in [5, 5.41) is 5.73. The van der Waals surface area contributed by atoms with E-state index in [1.54, 1.807) is 0 Å². The second kappa shape index (κ2) is 4.96. The van der Waals surface area contributed by atoms with E-state index in [0.717, 1.165) is 22.2 Å². The first-order valence-corrected chi connectivity index (χ1v) is 6.78. The number of rotatable bonds is 4. The topological polar surface area (TPSA) is 39.8 Å². The largest absolute Gasteiger partial charge is 0.347 e. The fourth-order valence-electron chi connectivity index (χ4n) is 2.49. The third-order valence-corrected chi connectivity index (χ3v) is 3.56. The highest BCUT2D eigenvalue weighted by atomic mass is 16.1. The predicted octanol–water partition coefficient (Wildman–Crippen LogP) is 3.02. The SMILES string of the molecule is CCC(=O)c1ccn(Cc2nn(C)c3ccccc23)c1. The first-order chi connectivity index (χ1) is 9.69. The van der Waals surface area contributed by atoms with Gasteiger partial charge in [0.25, 0.3) is 0 Å². The van der Waals surface area contributed by atoms with Gasteiger partial charge in [-0.2, -0.15) is 5.10 Å². The van der Waals surface area contributed by atoms with E-state index in [2.05, 4.69) is 17.2 Å². The molecule has 0 bridgehead atoms. The quantitative estimate of drug-likeness (QED) is 0.682. The molecule has 0 saturated carbocycles. The zero-order valence-corrected chi connectivity index (χ0v) is 11.7. The predicted molar refractivity (Wildman–Crippen MR) is 78.9 cm³/mol. The van der Waals surface area contributed by atoms with Crippen molar-refractivity contribution in [3.8, 4) is 0 Å². The van der Waals surface area contributed by atoms with E-state index >= 15 is 0 Å². The minimum absolute atomic E-state index is 0.176. The summed E-state index contributed by atoms with van der Waals surface area (Å²) in [6.45, 7) is 2.56. The summed E-state index contributed by atoms with van der Waals surface area (Å²) in [5.41, 5.74) is 2.92. The van der Waals surface area contributed by atoms with Crippen molar-refractivity contribution in [2.24, 2.45) is 7.05 Å². The van der Waals surface area contributed by atoms with Gasteiger partial charge in [0.1, 0.15) is 0 Å². The molecule has 4 heteroatoms. The van der Waals surface area contributed by atoms with E-state index in [1.807, 2.05) is 53.8 Å². The molecule has 102 valence electrons. The number of fused-ring (bicyclic) bond motifs is 1. The number of carbonyl (C=O) groups excluding carboxylic acids is 1. The monoisotopic (exact) mass is 267 g/mol. The van der Waals surface area contributed by atoms with Crippen molar-refractivity contribution in [1.82, 2.24) is 14.3 Å². The number of aryl methyl sites for hydroxylation is 1. The van der Waals surface area contributed by atoms with Crippen LogP contribution in [0.15, 0.2) is 42.7 Å². The summed E-state index contributed by atoms with van der Waals surface area (Å²) in [7, 11) is 1.95. The maximum Gasteiger partial charge on any atom is 0.164 e. The minimum atomic E-state index is 0.176. The van der Waals surface area contributed by atoms with Crippen molar-refractivity contribution in [2.45, 2.75) is 19.9 Å². The summed E-state index contributed by atoms with van der Waals surface area (Å²) in [6, 6.07) is 10.1. The summed E-state index contributed by atoms with van der Waals surface area (Å²) < 4.78 is 3.91. The molecule has 0 fully saturated rings. The number of para-hydroxylation sites is 1. The van der Waals surface area contributed by atoms with Gasteiger partial charge in [0.2, 0.25) is 0 Å². The Morgan fingerprint density at radius 1 is 1.25 bits per heavy atom. The van der Waals surface area contributed by atoms with E-state index in [4.69, 9.17) is 0 Å². The Balaban J connectivity index is 1.93. The van der Waals surface area contributed by atoms with Crippen LogP contribution in [0.2, 0.25) is 0 Å². The van der Waals surface area contributed by atoms with Crippen LogP contribution in [0.25, 0.3) is 10.9 Å². The van der Waals surface area contributed by atoms with Gasteiger partial charge in [0.15, 0.2) is 5.78 Å². The van der Waals surface area contributed by atoms with Gasteiger partial charge in [-0.3, -0.25) is 9.48 Å². The lowest BCUT2D eigenvalue weighted by Gasteiger charge is -2.00. The molecule has 0 atom stereocenters. The second-order valence-corrected chi connectivity index (χ2v) is 4.94. The van der Waals surface area contributed by atoms with Gasteiger partial charge in [0, 0.05) is 36.8 Å². The molecule has 20 heavy (non-hydrogen) atoms. The van der Waals surface area contributed by atoms with Crippen LogP contribution in [0.3, 0.4) is 0 Å². The fourth-order valence-corrected chi connectivity index (χ4v) is 2.49. The number of benzene rings is 1. The normalized spacial score (nSPS) is 11.1. The Morgan fingerprint density at radius 2 is 2.05 bits per heavy atom. The highest BCUT2D eigenvalue weighted by Crippen LogP contribution is 2.18. The number of hydrogen-bond donors (Lipinski definition) is 0. The number of ketones is 1. The van der Waals surface area contributed by atoms with E-state index in [1.165, 1.54) is 0 Å². The molecule has 0 radical (unpaired) electrons. The van der Waals surface area contributed by atoms with Crippen LogP contribution in [0.5, 0.6) is 0 Å². The van der Waals surface area contributed by atoms with Gasteiger partial charge in [-0.1, -0.05) is 25.1 Å². The molecule has 2 aromatic heterocycles. The van der Waals surface area contributed by atoms with Gasteiger partial charge in [-0.25, -0.2) is 0 Å². The average molecular weight is 267 g/mol. The molecular weight excluding hydrogens is 250 g/mol. The average Bonchev–Trinajstić information content (AvgIpc) is 3.05. The van der Waals surface area contributed by atoms with Crippen LogP contribution in [-0.4, -0.2) is 20.1 Å². The molecule has 4 nitrogen and oxygen atoms in total. The Kier molecular flexibility index (Phi) is 3.14. The van der Waals surface area contributed by atoms with Crippen molar-refractivity contribution < 1.29 is 4.79 Å². The molecule has 0 saturated heterocycles. The highest BCUT2D eigenvalue weighted by molar-refractivity contribution is 5.95. The molecular formula is C16H17N3O. The maximum absolute atomic E-state index is 11.7. The standard InChI is InChI=1S/C16H17N3O/c1-3-16(20)12-8-9-19(10-12)11-14-13-6-4-5-7-15(13)18(2)17-14/h4-10H,3,11H2,1-2H3. The first kappa shape index (κ1) is 12.7. The number of Topliss-reactive ketones (excluding diaryl/α,β-unsaturated/α-hetero) is 1. The summed E-state index contributed by atoms with van der Waals surface area (Å²) in [6.07, 6.45) is 4.37. The molecule has 0 amide bonds. The van der Waals surface area contributed by atoms with Crippen LogP contribution in [-0.2, 0) is 13.6 Å². The summed E-state index contributed by atoms with van der Waals surface area (Å²) in [4.78, 5) is 11.7. The first-order valence-electron chi connectivity index (χ1n) is 6.78. The third-order valence-electron chi connectivity index (χ3n) is 3.56. The van der Waals surface area contributed by atoms with Gasteiger partial charge in [0.05, 0.1) is 17.8 Å². The second-order valence-electron chi connectivity index (χ2n) is 4.94. The van der Waals surface area contributed by atoms with E-state index in [0.29, 0.717) is 13.0 Å². The number of carbonyl (C=O) groups is 1. The zero-order valence-electron chi connectivity index (χ0n) is 11.7. The molecule has 0 N–H and O–H groups in total. The summed E-state index contributed by atoms with van der Waals surface area (Å²) >= 11 is 0. The van der Waals surface area contributed by atoms with Gasteiger partial charge in [-0.05, 0) is 12.1 Å². The molecule has 0 unspecified atom stereocenters. The highest BCUT2D eigenvalue weighted by Gasteiger charge is 2.10. The van der Waals surface area contributed by atoms with Crippen molar-refractivity contribution in [2.75, 3.05) is 0 Å². The van der Waals surface area contributed by atoms with E-state index < -0.39 is 0 Å². The van der Waals surface area contributed by atoms with Crippen LogP contribution in [0.1, 0.15) is 29.4 Å². The minimum Gasteiger partial charge on any atom is -0.347 e. The molecule has 3 aromatic rings. The van der Waals surface area contributed by atoms with Crippen LogP contribution >= 0.6 is 0 Å². The van der Waals surface area contributed by atoms with Crippen molar-refractivity contribution in [1.29, 1.82) is 0 Å². The van der Waals surface area contributed by atoms with Crippen molar-refractivity contribution in [3.05, 3.63) is 54.0 Å². The molecule has 2 heterocycles. The molecule has 0 spiro atoms. The molecule has 0 aliphatic heterocycles. The van der Waals surface area contributed by atoms with Crippen LogP contribution in [0, 0.1) is 0 Å². The Hall–Kier alpha value is -2.36. The van der Waals surface area contributed by atoms with E-state index in [-0.39, 0.29) is 5.78 Å². The number of nitrogens with zero attached hydrogens (tertiary/aromatic N) is 3. The zero-order chi connectivity index (χ0) is 14.1. The van der Waals surface area contributed by atoms with Crippen molar-refractivity contribution >= 4 is 16.7 Å². The van der Waals surface area contributed by atoms with Crippen LogP contribution < -0.4 is 0 Å². The third kappa shape index (κ3) is 2.13. The summed E-state index contributed by atoms with van der Waals surface area (Å²) in [5.74, 6) is 0.176. The van der Waals surface area contributed by atoms with Gasteiger partial charge >= 0.3 is 0 Å². The lowest BCUT2D eigenvalue weighted by molar-refractivity contribution is 0.0988. The Morgan fingerprint density at radius 3 is 2.85 bits per heavy atom. The number of hydrogen-bond acceptors (Lipinski definition) is 2. The fraction of sp³-hybridized carbons (Fsp3) is 0.250. The smallest absolute Gasteiger partial charge is 0.164 e. The molecule has 1 aromatic carbocycles.